The smallest absolute Gasteiger partial charge is 0.137 e. The second-order valence-corrected chi connectivity index (χ2v) is 10.1. The summed E-state index contributed by atoms with van der Waals surface area (Å²) >= 11 is 3.64. The summed E-state index contributed by atoms with van der Waals surface area (Å²) in [5, 5.41) is 2.48. The van der Waals surface area contributed by atoms with Gasteiger partial charge in [0.05, 0.1) is 11.0 Å². The molecular weight excluding hydrogens is 444 g/mol. The highest BCUT2D eigenvalue weighted by Crippen LogP contribution is 2.34. The Balaban J connectivity index is 1.65. The summed E-state index contributed by atoms with van der Waals surface area (Å²) in [6.07, 6.45) is 2.01. The minimum atomic E-state index is 0.153. The molecule has 0 aliphatic carbocycles. The van der Waals surface area contributed by atoms with Crippen molar-refractivity contribution in [2.75, 3.05) is 0 Å². The highest BCUT2D eigenvalue weighted by atomic mass is 79.9. The van der Waals surface area contributed by atoms with E-state index in [-0.39, 0.29) is 5.41 Å². The quantitative estimate of drug-likeness (QED) is 0.255. The molecule has 2 aromatic heterocycles. The van der Waals surface area contributed by atoms with Crippen LogP contribution in [0.4, 0.5) is 0 Å². The van der Waals surface area contributed by atoms with Crippen LogP contribution in [-0.2, 0) is 5.41 Å². The van der Waals surface area contributed by atoms with Crippen LogP contribution in [0.25, 0.3) is 38.8 Å². The monoisotopic (exact) mass is 468 g/mol. The van der Waals surface area contributed by atoms with E-state index in [1.54, 1.807) is 0 Å². The molecule has 5 rings (SSSR count). The fraction of sp³-hybridized carbons (Fsp3) is 0.179. The molecule has 0 amide bonds. The standard InChI is InChI=1S/C28H25BrN2/c1-18-15-27(30-17-24(18)19-9-11-20(12-10-19)28(2,3)4)31-25-8-6-5-7-22(25)23-14-13-21(29)16-26(23)31/h5-17H,1-4H3. The van der Waals surface area contributed by atoms with Gasteiger partial charge in [0.25, 0.3) is 0 Å². The van der Waals surface area contributed by atoms with E-state index in [9.17, 15) is 0 Å². The topological polar surface area (TPSA) is 17.8 Å². The molecule has 0 spiro atoms. The number of para-hydroxylation sites is 1. The van der Waals surface area contributed by atoms with Gasteiger partial charge in [-0.05, 0) is 53.3 Å². The Labute approximate surface area is 191 Å². The maximum absolute atomic E-state index is 4.91. The van der Waals surface area contributed by atoms with Crippen molar-refractivity contribution in [3.05, 3.63) is 94.6 Å². The lowest BCUT2D eigenvalue weighted by molar-refractivity contribution is 0.590. The Bertz CT molecular complexity index is 1420. The van der Waals surface area contributed by atoms with E-state index in [0.29, 0.717) is 0 Å². The average Bonchev–Trinajstić information content (AvgIpc) is 3.06. The molecule has 0 saturated carbocycles. The largest absolute Gasteiger partial charge is 0.294 e. The molecule has 3 aromatic carbocycles. The molecule has 0 saturated heterocycles. The zero-order chi connectivity index (χ0) is 21.8. The van der Waals surface area contributed by atoms with Crippen molar-refractivity contribution in [2.45, 2.75) is 33.1 Å². The van der Waals surface area contributed by atoms with E-state index in [1.165, 1.54) is 38.5 Å². The molecule has 0 bridgehead atoms. The van der Waals surface area contributed by atoms with Crippen molar-refractivity contribution in [2.24, 2.45) is 0 Å². The van der Waals surface area contributed by atoms with Crippen molar-refractivity contribution < 1.29 is 0 Å². The Morgan fingerprint density at radius 3 is 2.23 bits per heavy atom. The molecule has 0 radical (unpaired) electrons. The number of nitrogens with zero attached hydrogens (tertiary/aromatic N) is 2. The van der Waals surface area contributed by atoms with Gasteiger partial charge >= 0.3 is 0 Å². The van der Waals surface area contributed by atoms with E-state index in [0.717, 1.165) is 15.8 Å². The molecule has 3 heteroatoms. The Morgan fingerprint density at radius 2 is 1.52 bits per heavy atom. The van der Waals surface area contributed by atoms with Gasteiger partial charge in [-0.3, -0.25) is 4.57 Å². The van der Waals surface area contributed by atoms with Crippen LogP contribution in [0.5, 0.6) is 0 Å². The molecule has 0 aliphatic heterocycles. The van der Waals surface area contributed by atoms with Crippen molar-refractivity contribution in [3.63, 3.8) is 0 Å². The molecule has 154 valence electrons. The van der Waals surface area contributed by atoms with Gasteiger partial charge in [0.15, 0.2) is 0 Å². The van der Waals surface area contributed by atoms with Gasteiger partial charge in [0.2, 0.25) is 0 Å². The second-order valence-electron chi connectivity index (χ2n) is 9.20. The van der Waals surface area contributed by atoms with Crippen LogP contribution < -0.4 is 0 Å². The zero-order valence-corrected chi connectivity index (χ0v) is 19.9. The molecule has 0 aliphatic rings. The maximum atomic E-state index is 4.91. The summed E-state index contributed by atoms with van der Waals surface area (Å²) in [7, 11) is 0. The number of pyridine rings is 1. The molecule has 2 heterocycles. The summed E-state index contributed by atoms with van der Waals surface area (Å²) in [5.41, 5.74) is 7.42. The van der Waals surface area contributed by atoms with Gasteiger partial charge in [-0.25, -0.2) is 4.98 Å². The number of hydrogen-bond acceptors (Lipinski definition) is 1. The van der Waals surface area contributed by atoms with Crippen molar-refractivity contribution >= 4 is 37.7 Å². The summed E-state index contributed by atoms with van der Waals surface area (Å²) in [6, 6.07) is 26.1. The zero-order valence-electron chi connectivity index (χ0n) is 18.3. The van der Waals surface area contributed by atoms with E-state index < -0.39 is 0 Å². The van der Waals surface area contributed by atoms with Gasteiger partial charge in [0.1, 0.15) is 5.82 Å². The molecule has 0 fully saturated rings. The average molecular weight is 469 g/mol. The number of hydrogen-bond donors (Lipinski definition) is 0. The predicted octanol–water partition coefficient (Wildman–Crippen LogP) is 8.21. The minimum absolute atomic E-state index is 0.153. The normalized spacial score (nSPS) is 12.0. The fourth-order valence-corrected chi connectivity index (χ4v) is 4.65. The molecule has 5 aromatic rings. The number of benzene rings is 3. The van der Waals surface area contributed by atoms with Crippen molar-refractivity contribution in [3.8, 4) is 16.9 Å². The van der Waals surface area contributed by atoms with Gasteiger partial charge < -0.3 is 0 Å². The fourth-order valence-electron chi connectivity index (χ4n) is 4.31. The van der Waals surface area contributed by atoms with Crippen LogP contribution >= 0.6 is 15.9 Å². The Morgan fingerprint density at radius 1 is 0.806 bits per heavy atom. The number of halogens is 1. The lowest BCUT2D eigenvalue weighted by Crippen LogP contribution is -2.10. The van der Waals surface area contributed by atoms with Crippen LogP contribution in [0.1, 0.15) is 31.9 Å². The third kappa shape index (κ3) is 3.47. The highest BCUT2D eigenvalue weighted by molar-refractivity contribution is 9.10. The number of aromatic nitrogens is 2. The lowest BCUT2D eigenvalue weighted by atomic mass is 9.86. The van der Waals surface area contributed by atoms with Gasteiger partial charge in [0, 0.05) is 27.0 Å². The summed E-state index contributed by atoms with van der Waals surface area (Å²) in [4.78, 5) is 4.91. The first-order chi connectivity index (χ1) is 14.8. The summed E-state index contributed by atoms with van der Waals surface area (Å²) in [6.45, 7) is 8.90. The molecule has 0 unspecified atom stereocenters. The van der Waals surface area contributed by atoms with Gasteiger partial charge in [-0.1, -0.05) is 85.2 Å². The number of aryl methyl sites for hydroxylation is 1. The van der Waals surface area contributed by atoms with Gasteiger partial charge in [-0.2, -0.15) is 0 Å². The van der Waals surface area contributed by atoms with Crippen LogP contribution in [0.3, 0.4) is 0 Å². The molecular formula is C28H25BrN2. The molecule has 0 atom stereocenters. The maximum Gasteiger partial charge on any atom is 0.137 e. The number of rotatable bonds is 2. The van der Waals surface area contributed by atoms with Crippen LogP contribution in [0.2, 0.25) is 0 Å². The number of fused-ring (bicyclic) bond motifs is 3. The Hall–Kier alpha value is -2.91. The SMILES string of the molecule is Cc1cc(-n2c3ccccc3c3ccc(Br)cc32)ncc1-c1ccc(C(C)(C)C)cc1. The first-order valence-electron chi connectivity index (χ1n) is 10.6. The molecule has 0 N–H and O–H groups in total. The van der Waals surface area contributed by atoms with E-state index in [4.69, 9.17) is 4.98 Å². The minimum Gasteiger partial charge on any atom is -0.294 e. The molecule has 31 heavy (non-hydrogen) atoms. The van der Waals surface area contributed by atoms with Crippen LogP contribution in [0.15, 0.2) is 83.5 Å². The third-order valence-corrected chi connectivity index (χ3v) is 6.52. The van der Waals surface area contributed by atoms with Crippen molar-refractivity contribution in [1.29, 1.82) is 0 Å². The van der Waals surface area contributed by atoms with E-state index in [2.05, 4.69) is 121 Å². The predicted molar refractivity (Wildman–Crippen MR) is 135 cm³/mol. The highest BCUT2D eigenvalue weighted by Gasteiger charge is 2.16. The van der Waals surface area contributed by atoms with Gasteiger partial charge in [-0.15, -0.1) is 0 Å². The third-order valence-electron chi connectivity index (χ3n) is 6.02. The molecule has 2 nitrogen and oxygen atoms in total. The summed E-state index contributed by atoms with van der Waals surface area (Å²) < 4.78 is 3.32. The van der Waals surface area contributed by atoms with E-state index in [1.807, 2.05) is 6.20 Å². The van der Waals surface area contributed by atoms with E-state index >= 15 is 0 Å². The first-order valence-corrected chi connectivity index (χ1v) is 11.4. The summed E-state index contributed by atoms with van der Waals surface area (Å²) in [5.74, 6) is 0.942. The van der Waals surface area contributed by atoms with Crippen molar-refractivity contribution in [1.82, 2.24) is 9.55 Å². The second kappa shape index (κ2) is 7.35. The van der Waals surface area contributed by atoms with Crippen LogP contribution in [-0.4, -0.2) is 9.55 Å². The van der Waals surface area contributed by atoms with Crippen LogP contribution in [0, 0.1) is 6.92 Å². The Kier molecular flexibility index (Phi) is 4.75. The first kappa shape index (κ1) is 20.0. The lowest BCUT2D eigenvalue weighted by Gasteiger charge is -2.19.